The standard InChI is InChI=1S/C18H22ClN3O2/c1-12(2)11-22(13(3)14-7-5-6-8-15(14)19)18(24)16-9-10-17(23)21(4)20-16/h5-10,12-13H,11H2,1-4H3. The van der Waals surface area contributed by atoms with Crippen molar-refractivity contribution in [1.82, 2.24) is 14.7 Å². The Bertz CT molecular complexity index is 786. The molecule has 0 fully saturated rings. The van der Waals surface area contributed by atoms with Gasteiger partial charge in [-0.2, -0.15) is 5.10 Å². The van der Waals surface area contributed by atoms with Crippen LogP contribution in [0.5, 0.6) is 0 Å². The maximum Gasteiger partial charge on any atom is 0.274 e. The maximum absolute atomic E-state index is 13.0. The SMILES string of the molecule is CC(C)CN(C(=O)c1ccc(=O)n(C)n1)C(C)c1ccccc1Cl. The molecule has 2 aromatic rings. The van der Waals surface area contributed by atoms with Gasteiger partial charge in [0.1, 0.15) is 5.69 Å². The molecular weight excluding hydrogens is 326 g/mol. The predicted octanol–water partition coefficient (Wildman–Crippen LogP) is 3.29. The number of hydrogen-bond donors (Lipinski definition) is 0. The van der Waals surface area contributed by atoms with Gasteiger partial charge in [0.15, 0.2) is 0 Å². The molecule has 0 aliphatic heterocycles. The molecule has 0 saturated heterocycles. The molecule has 0 aliphatic carbocycles. The van der Waals surface area contributed by atoms with Gasteiger partial charge < -0.3 is 4.90 Å². The van der Waals surface area contributed by atoms with E-state index in [9.17, 15) is 9.59 Å². The van der Waals surface area contributed by atoms with Crippen molar-refractivity contribution in [1.29, 1.82) is 0 Å². The molecule has 0 bridgehead atoms. The van der Waals surface area contributed by atoms with Crippen LogP contribution in [0.15, 0.2) is 41.2 Å². The van der Waals surface area contributed by atoms with Crippen LogP contribution in [-0.4, -0.2) is 27.1 Å². The number of amides is 1. The van der Waals surface area contributed by atoms with Crippen LogP contribution in [0.4, 0.5) is 0 Å². The Morgan fingerprint density at radius 3 is 2.46 bits per heavy atom. The highest BCUT2D eigenvalue weighted by Gasteiger charge is 2.26. The van der Waals surface area contributed by atoms with Crippen molar-refractivity contribution in [3.63, 3.8) is 0 Å². The van der Waals surface area contributed by atoms with Crippen molar-refractivity contribution < 1.29 is 4.79 Å². The van der Waals surface area contributed by atoms with E-state index in [4.69, 9.17) is 11.6 Å². The largest absolute Gasteiger partial charge is 0.330 e. The van der Waals surface area contributed by atoms with E-state index in [1.54, 1.807) is 4.90 Å². The maximum atomic E-state index is 13.0. The van der Waals surface area contributed by atoms with Crippen LogP contribution in [0.3, 0.4) is 0 Å². The van der Waals surface area contributed by atoms with Crippen LogP contribution >= 0.6 is 11.6 Å². The van der Waals surface area contributed by atoms with Gasteiger partial charge in [0.2, 0.25) is 0 Å². The molecule has 0 spiro atoms. The third-order valence-electron chi connectivity index (χ3n) is 3.83. The van der Waals surface area contributed by atoms with Crippen molar-refractivity contribution in [3.8, 4) is 0 Å². The topological polar surface area (TPSA) is 55.2 Å². The molecule has 1 heterocycles. The van der Waals surface area contributed by atoms with Gasteiger partial charge in [-0.1, -0.05) is 43.6 Å². The van der Waals surface area contributed by atoms with Crippen LogP contribution in [0, 0.1) is 5.92 Å². The Morgan fingerprint density at radius 2 is 1.88 bits per heavy atom. The van der Waals surface area contributed by atoms with Crippen LogP contribution in [0.25, 0.3) is 0 Å². The van der Waals surface area contributed by atoms with Crippen molar-refractivity contribution in [2.45, 2.75) is 26.8 Å². The molecule has 1 unspecified atom stereocenters. The lowest BCUT2D eigenvalue weighted by atomic mass is 10.0. The lowest BCUT2D eigenvalue weighted by molar-refractivity contribution is 0.0656. The minimum absolute atomic E-state index is 0.201. The Labute approximate surface area is 146 Å². The minimum atomic E-state index is -0.249. The zero-order valence-electron chi connectivity index (χ0n) is 14.4. The first kappa shape index (κ1) is 18.2. The minimum Gasteiger partial charge on any atom is -0.330 e. The second-order valence-electron chi connectivity index (χ2n) is 6.23. The Balaban J connectivity index is 2.40. The summed E-state index contributed by atoms with van der Waals surface area (Å²) in [6.45, 7) is 6.61. The number of carbonyl (C=O) groups is 1. The molecular formula is C18H22ClN3O2. The molecule has 6 heteroatoms. The van der Waals surface area contributed by atoms with Gasteiger partial charge in [-0.05, 0) is 30.5 Å². The molecule has 0 radical (unpaired) electrons. The lowest BCUT2D eigenvalue weighted by Crippen LogP contribution is -2.38. The zero-order chi connectivity index (χ0) is 17.9. The van der Waals surface area contributed by atoms with E-state index in [-0.39, 0.29) is 29.1 Å². The highest BCUT2D eigenvalue weighted by atomic mass is 35.5. The van der Waals surface area contributed by atoms with Gasteiger partial charge in [-0.25, -0.2) is 4.68 Å². The third-order valence-corrected chi connectivity index (χ3v) is 4.17. The summed E-state index contributed by atoms with van der Waals surface area (Å²) in [4.78, 5) is 26.2. The van der Waals surface area contributed by atoms with Crippen molar-refractivity contribution in [3.05, 3.63) is 63.0 Å². The van der Waals surface area contributed by atoms with Gasteiger partial charge in [0.25, 0.3) is 11.5 Å². The third kappa shape index (κ3) is 4.03. The number of carbonyl (C=O) groups excluding carboxylic acids is 1. The summed E-state index contributed by atoms with van der Waals surface area (Å²) < 4.78 is 1.17. The van der Waals surface area contributed by atoms with Gasteiger partial charge in [-0.3, -0.25) is 9.59 Å². The summed E-state index contributed by atoms with van der Waals surface area (Å²) in [6, 6.07) is 10.1. The number of halogens is 1. The fraction of sp³-hybridized carbons (Fsp3) is 0.389. The molecule has 0 N–H and O–H groups in total. The number of aromatic nitrogens is 2. The summed E-state index contributed by atoms with van der Waals surface area (Å²) in [5, 5.41) is 4.70. The highest BCUT2D eigenvalue weighted by molar-refractivity contribution is 6.31. The number of benzene rings is 1. The first-order valence-corrected chi connectivity index (χ1v) is 8.28. The van der Waals surface area contributed by atoms with Gasteiger partial charge in [0, 0.05) is 24.7 Å². The van der Waals surface area contributed by atoms with Crippen LogP contribution in [0.1, 0.15) is 42.9 Å². The van der Waals surface area contributed by atoms with Crippen molar-refractivity contribution in [2.24, 2.45) is 13.0 Å². The summed E-state index contributed by atoms with van der Waals surface area (Å²) in [6.07, 6.45) is 0. The summed E-state index contributed by atoms with van der Waals surface area (Å²) in [7, 11) is 1.53. The average molecular weight is 348 g/mol. The number of aryl methyl sites for hydroxylation is 1. The smallest absolute Gasteiger partial charge is 0.274 e. The number of hydrogen-bond acceptors (Lipinski definition) is 3. The molecule has 1 aromatic carbocycles. The Morgan fingerprint density at radius 1 is 1.21 bits per heavy atom. The molecule has 0 aliphatic rings. The van der Waals surface area contributed by atoms with Gasteiger partial charge in [0.05, 0.1) is 6.04 Å². The highest BCUT2D eigenvalue weighted by Crippen LogP contribution is 2.28. The van der Waals surface area contributed by atoms with E-state index < -0.39 is 0 Å². The Hall–Kier alpha value is -2.14. The fourth-order valence-corrected chi connectivity index (χ4v) is 2.85. The predicted molar refractivity (Wildman–Crippen MR) is 95.2 cm³/mol. The second kappa shape index (κ2) is 7.62. The average Bonchev–Trinajstić information content (AvgIpc) is 2.54. The van der Waals surface area contributed by atoms with E-state index >= 15 is 0 Å². The molecule has 128 valence electrons. The number of rotatable bonds is 5. The first-order chi connectivity index (χ1) is 11.3. The summed E-state index contributed by atoms with van der Waals surface area (Å²) in [5.41, 5.74) is 0.885. The lowest BCUT2D eigenvalue weighted by Gasteiger charge is -2.31. The molecule has 1 atom stereocenters. The van der Waals surface area contributed by atoms with E-state index in [1.807, 2.05) is 45.0 Å². The molecule has 24 heavy (non-hydrogen) atoms. The molecule has 0 saturated carbocycles. The summed E-state index contributed by atoms with van der Waals surface area (Å²) >= 11 is 6.30. The summed E-state index contributed by atoms with van der Waals surface area (Å²) in [5.74, 6) is 0.0677. The van der Waals surface area contributed by atoms with E-state index in [1.165, 1.54) is 23.9 Å². The van der Waals surface area contributed by atoms with Crippen molar-refractivity contribution >= 4 is 17.5 Å². The number of nitrogens with zero attached hydrogens (tertiary/aromatic N) is 3. The monoisotopic (exact) mass is 347 g/mol. The quantitative estimate of drug-likeness (QED) is 0.834. The van der Waals surface area contributed by atoms with E-state index in [2.05, 4.69) is 5.10 Å². The molecule has 2 rings (SSSR count). The first-order valence-electron chi connectivity index (χ1n) is 7.91. The van der Waals surface area contributed by atoms with Crippen LogP contribution in [-0.2, 0) is 7.05 Å². The molecule has 1 aromatic heterocycles. The van der Waals surface area contributed by atoms with Crippen LogP contribution < -0.4 is 5.56 Å². The zero-order valence-corrected chi connectivity index (χ0v) is 15.1. The fourth-order valence-electron chi connectivity index (χ4n) is 2.56. The van der Waals surface area contributed by atoms with E-state index in [0.29, 0.717) is 11.6 Å². The Kier molecular flexibility index (Phi) is 5.78. The van der Waals surface area contributed by atoms with Gasteiger partial charge in [-0.15, -0.1) is 0 Å². The van der Waals surface area contributed by atoms with Gasteiger partial charge >= 0.3 is 0 Å². The second-order valence-corrected chi connectivity index (χ2v) is 6.64. The normalized spacial score (nSPS) is 12.2. The van der Waals surface area contributed by atoms with E-state index in [0.717, 1.165) is 5.56 Å². The van der Waals surface area contributed by atoms with Crippen LogP contribution in [0.2, 0.25) is 5.02 Å². The molecule has 1 amide bonds. The van der Waals surface area contributed by atoms with Crippen molar-refractivity contribution in [2.75, 3.05) is 6.54 Å². The molecule has 5 nitrogen and oxygen atoms in total.